The van der Waals surface area contributed by atoms with Crippen molar-refractivity contribution < 1.29 is 14.3 Å². The van der Waals surface area contributed by atoms with Gasteiger partial charge in [0.2, 0.25) is 0 Å². The number of nitrogens with zero attached hydrogens (tertiary/aromatic N) is 2. The first-order chi connectivity index (χ1) is 12.7. The molecule has 0 unspecified atom stereocenters. The summed E-state index contributed by atoms with van der Waals surface area (Å²) < 4.78 is 10.6. The van der Waals surface area contributed by atoms with E-state index in [1.165, 1.54) is 6.33 Å². The maximum atomic E-state index is 5.29. The van der Waals surface area contributed by atoms with E-state index in [0.29, 0.717) is 17.3 Å². The van der Waals surface area contributed by atoms with E-state index < -0.39 is 0 Å². The largest absolute Gasteiger partial charge is 0.497 e. The number of ether oxygens (including phenoxy) is 2. The lowest BCUT2D eigenvalue weighted by Crippen LogP contribution is -2.01. The maximum absolute atomic E-state index is 5.29. The van der Waals surface area contributed by atoms with E-state index in [4.69, 9.17) is 14.3 Å². The molecule has 0 radical (unpaired) electrons. The van der Waals surface area contributed by atoms with Gasteiger partial charge in [-0.3, -0.25) is 10.3 Å². The lowest BCUT2D eigenvalue weighted by molar-refractivity contribution is 0.268. The topological polar surface area (TPSA) is 77.5 Å². The average Bonchev–Trinajstić information content (AvgIpc) is 2.69. The Morgan fingerprint density at radius 3 is 2.54 bits per heavy atom. The number of rotatable bonds is 7. The quantitative estimate of drug-likeness (QED) is 0.625. The van der Waals surface area contributed by atoms with Crippen molar-refractivity contribution in [3.8, 4) is 22.8 Å². The molecule has 7 nitrogen and oxygen atoms in total. The molecule has 0 aliphatic heterocycles. The zero-order chi connectivity index (χ0) is 18.4. The minimum atomic E-state index is 0.673. The average molecular weight is 352 g/mol. The van der Waals surface area contributed by atoms with Crippen molar-refractivity contribution in [2.45, 2.75) is 0 Å². The van der Waals surface area contributed by atoms with E-state index in [9.17, 15) is 0 Å². The van der Waals surface area contributed by atoms with Crippen LogP contribution in [0.2, 0.25) is 0 Å². The molecule has 26 heavy (non-hydrogen) atoms. The van der Waals surface area contributed by atoms with Crippen LogP contribution in [0.15, 0.2) is 54.9 Å². The van der Waals surface area contributed by atoms with Gasteiger partial charge in [0.25, 0.3) is 0 Å². The first-order valence-corrected chi connectivity index (χ1v) is 7.94. The highest BCUT2D eigenvalue weighted by Gasteiger charge is 2.07. The predicted molar refractivity (Wildman–Crippen MR) is 101 cm³/mol. The number of methoxy groups -OCH3 is 2. The van der Waals surface area contributed by atoms with E-state index in [2.05, 4.69) is 20.8 Å². The van der Waals surface area contributed by atoms with Gasteiger partial charge in [0, 0.05) is 17.3 Å². The summed E-state index contributed by atoms with van der Waals surface area (Å²) >= 11 is 0. The summed E-state index contributed by atoms with van der Waals surface area (Å²) in [6.45, 7) is 0. The van der Waals surface area contributed by atoms with Crippen LogP contribution in [0.1, 0.15) is 0 Å². The molecule has 0 saturated heterocycles. The summed E-state index contributed by atoms with van der Waals surface area (Å²) in [7, 11) is 4.79. The van der Waals surface area contributed by atoms with Gasteiger partial charge in [-0.15, -0.1) is 0 Å². The zero-order valence-corrected chi connectivity index (χ0v) is 14.8. The van der Waals surface area contributed by atoms with Gasteiger partial charge in [-0.2, -0.15) is 0 Å². The van der Waals surface area contributed by atoms with Crippen molar-refractivity contribution in [2.24, 2.45) is 0 Å². The summed E-state index contributed by atoms with van der Waals surface area (Å²) in [4.78, 5) is 13.6. The van der Waals surface area contributed by atoms with E-state index >= 15 is 0 Å². The van der Waals surface area contributed by atoms with Crippen molar-refractivity contribution in [3.05, 3.63) is 54.9 Å². The number of nitrogens with one attached hydrogen (secondary N) is 2. The second-order valence-corrected chi connectivity index (χ2v) is 5.37. The van der Waals surface area contributed by atoms with Crippen LogP contribution in [0, 0.1) is 0 Å². The van der Waals surface area contributed by atoms with Crippen LogP contribution < -0.4 is 20.3 Å². The second kappa shape index (κ2) is 8.17. The molecule has 0 aliphatic rings. The molecule has 3 aromatic rings. The monoisotopic (exact) mass is 352 g/mol. The number of anilines is 3. The highest BCUT2D eigenvalue weighted by atomic mass is 16.6. The lowest BCUT2D eigenvalue weighted by Gasteiger charge is -2.12. The van der Waals surface area contributed by atoms with Crippen LogP contribution >= 0.6 is 0 Å². The van der Waals surface area contributed by atoms with E-state index in [0.717, 1.165) is 22.7 Å². The molecule has 0 fully saturated rings. The smallest absolute Gasteiger partial charge is 0.144 e. The van der Waals surface area contributed by atoms with Crippen LogP contribution in [0.5, 0.6) is 11.5 Å². The van der Waals surface area contributed by atoms with Gasteiger partial charge < -0.3 is 14.8 Å². The molecular formula is C19H20N4O3. The first kappa shape index (κ1) is 17.5. The number of benzene rings is 2. The highest BCUT2D eigenvalue weighted by molar-refractivity contribution is 5.70. The van der Waals surface area contributed by atoms with Gasteiger partial charge in [-0.05, 0) is 30.3 Å². The Morgan fingerprint density at radius 2 is 1.77 bits per heavy atom. The van der Waals surface area contributed by atoms with Gasteiger partial charge in [0.05, 0.1) is 27.0 Å². The van der Waals surface area contributed by atoms with Gasteiger partial charge in [0.15, 0.2) is 0 Å². The predicted octanol–water partition coefficient (Wildman–Crippen LogP) is 3.88. The molecule has 2 N–H and O–H groups in total. The number of hydrogen-bond donors (Lipinski definition) is 2. The highest BCUT2D eigenvalue weighted by Crippen LogP contribution is 2.30. The number of aromatic nitrogens is 2. The van der Waals surface area contributed by atoms with Gasteiger partial charge >= 0.3 is 0 Å². The third-order valence-corrected chi connectivity index (χ3v) is 3.72. The maximum Gasteiger partial charge on any atom is 0.144 e. The third-order valence-electron chi connectivity index (χ3n) is 3.72. The molecule has 0 atom stereocenters. The minimum absolute atomic E-state index is 0.673. The van der Waals surface area contributed by atoms with Crippen LogP contribution in [-0.2, 0) is 4.84 Å². The molecule has 2 aromatic carbocycles. The summed E-state index contributed by atoms with van der Waals surface area (Å²) in [5.41, 5.74) is 6.08. The van der Waals surface area contributed by atoms with Gasteiger partial charge in [-0.1, -0.05) is 12.1 Å². The molecule has 7 heteroatoms. The normalized spacial score (nSPS) is 10.3. The van der Waals surface area contributed by atoms with Crippen LogP contribution in [0.25, 0.3) is 11.3 Å². The molecule has 0 spiro atoms. The molecule has 1 heterocycles. The Labute approximate surface area is 151 Å². The van der Waals surface area contributed by atoms with Crippen molar-refractivity contribution >= 4 is 17.2 Å². The van der Waals surface area contributed by atoms with Crippen molar-refractivity contribution in [2.75, 3.05) is 32.1 Å². The molecule has 1 aromatic heterocycles. The van der Waals surface area contributed by atoms with Crippen molar-refractivity contribution in [1.82, 2.24) is 9.97 Å². The van der Waals surface area contributed by atoms with Gasteiger partial charge in [-0.25, -0.2) is 9.97 Å². The molecule has 3 rings (SSSR count). The Bertz CT molecular complexity index is 886. The molecule has 0 saturated carbocycles. The molecule has 0 amide bonds. The van der Waals surface area contributed by atoms with Gasteiger partial charge in [0.1, 0.15) is 29.3 Å². The molecule has 0 aliphatic carbocycles. The summed E-state index contributed by atoms with van der Waals surface area (Å²) in [6.07, 6.45) is 1.52. The van der Waals surface area contributed by atoms with Crippen molar-refractivity contribution in [1.29, 1.82) is 0 Å². The Morgan fingerprint density at radius 1 is 0.885 bits per heavy atom. The second-order valence-electron chi connectivity index (χ2n) is 5.37. The number of hydrogen-bond acceptors (Lipinski definition) is 7. The van der Waals surface area contributed by atoms with E-state index in [-0.39, 0.29) is 0 Å². The summed E-state index contributed by atoms with van der Waals surface area (Å²) in [5.74, 6) is 2.13. The van der Waals surface area contributed by atoms with Crippen LogP contribution in [-0.4, -0.2) is 31.3 Å². The Hall–Kier alpha value is -3.32. The lowest BCUT2D eigenvalue weighted by atomic mass is 10.1. The SMILES string of the molecule is CONc1cc(Nc2cc(-c3cccc(OC)c3)ncn2)ccc1OC. The summed E-state index contributed by atoms with van der Waals surface area (Å²) in [6, 6.07) is 15.2. The fourth-order valence-electron chi connectivity index (χ4n) is 2.49. The molecule has 0 bridgehead atoms. The molecular weight excluding hydrogens is 332 g/mol. The van der Waals surface area contributed by atoms with Crippen LogP contribution in [0.3, 0.4) is 0 Å². The fourth-order valence-corrected chi connectivity index (χ4v) is 2.49. The van der Waals surface area contributed by atoms with Crippen LogP contribution in [0.4, 0.5) is 17.2 Å². The standard InChI is InChI=1S/C19H20N4O3/c1-24-15-6-4-5-13(9-15)16-11-19(21-12-20-16)22-14-7-8-18(25-2)17(10-14)23-26-3/h4-12,23H,1-3H3,(H,20,21,22). The Kier molecular flexibility index (Phi) is 5.50. The first-order valence-electron chi connectivity index (χ1n) is 7.94. The summed E-state index contributed by atoms with van der Waals surface area (Å²) in [5, 5.41) is 3.26. The minimum Gasteiger partial charge on any atom is -0.497 e. The van der Waals surface area contributed by atoms with E-state index in [1.807, 2.05) is 48.5 Å². The fraction of sp³-hybridized carbons (Fsp3) is 0.158. The third kappa shape index (κ3) is 4.01. The zero-order valence-electron chi connectivity index (χ0n) is 14.8. The Balaban J connectivity index is 1.86. The van der Waals surface area contributed by atoms with Crippen molar-refractivity contribution in [3.63, 3.8) is 0 Å². The van der Waals surface area contributed by atoms with E-state index in [1.54, 1.807) is 21.3 Å². The molecule has 134 valence electrons.